The van der Waals surface area contributed by atoms with Gasteiger partial charge in [-0.3, -0.25) is 0 Å². The summed E-state index contributed by atoms with van der Waals surface area (Å²) in [6, 6.07) is 27.9. The lowest BCUT2D eigenvalue weighted by molar-refractivity contribution is 0.0758. The van der Waals surface area contributed by atoms with Gasteiger partial charge >= 0.3 is 0 Å². The first-order valence-corrected chi connectivity index (χ1v) is 10.6. The van der Waals surface area contributed by atoms with Crippen molar-refractivity contribution in [2.24, 2.45) is 0 Å². The van der Waals surface area contributed by atoms with Crippen LogP contribution in [0.25, 0.3) is 0 Å². The van der Waals surface area contributed by atoms with Gasteiger partial charge in [-0.05, 0) is 36.2 Å². The zero-order valence-corrected chi connectivity index (χ0v) is 17.9. The van der Waals surface area contributed by atoms with Crippen LogP contribution in [0.1, 0.15) is 23.7 Å². The van der Waals surface area contributed by atoms with Gasteiger partial charge in [0.05, 0.1) is 7.11 Å². The van der Waals surface area contributed by atoms with Gasteiger partial charge in [0.1, 0.15) is 18.8 Å². The van der Waals surface area contributed by atoms with E-state index in [1.54, 1.807) is 7.11 Å². The van der Waals surface area contributed by atoms with Gasteiger partial charge in [-0.25, -0.2) is 0 Å². The maximum absolute atomic E-state index is 10.2. The fourth-order valence-electron chi connectivity index (χ4n) is 3.29. The molecule has 0 amide bonds. The van der Waals surface area contributed by atoms with E-state index in [-0.39, 0.29) is 12.7 Å². The molecule has 5 nitrogen and oxygen atoms in total. The molecule has 164 valence electrons. The van der Waals surface area contributed by atoms with Crippen LogP contribution >= 0.6 is 0 Å². The maximum atomic E-state index is 10.2. The van der Waals surface area contributed by atoms with Gasteiger partial charge in [0, 0.05) is 13.2 Å². The Labute approximate surface area is 184 Å². The molecule has 0 saturated carbocycles. The molecule has 0 aliphatic carbocycles. The Morgan fingerprint density at radius 1 is 0.806 bits per heavy atom. The molecule has 0 fully saturated rings. The summed E-state index contributed by atoms with van der Waals surface area (Å²) in [7, 11) is 1.60. The lowest BCUT2D eigenvalue weighted by Gasteiger charge is -2.19. The van der Waals surface area contributed by atoms with Gasteiger partial charge in [-0.2, -0.15) is 0 Å². The summed E-state index contributed by atoms with van der Waals surface area (Å²) in [6.07, 6.45) is 0.158. The monoisotopic (exact) mass is 421 g/mol. The summed E-state index contributed by atoms with van der Waals surface area (Å²) in [5, 5.41) is 13.4. The van der Waals surface area contributed by atoms with Crippen LogP contribution in [0.4, 0.5) is 0 Å². The van der Waals surface area contributed by atoms with Crippen LogP contribution in [-0.4, -0.2) is 44.6 Å². The smallest absolute Gasteiger partial charge is 0.161 e. The van der Waals surface area contributed by atoms with E-state index >= 15 is 0 Å². The number of aliphatic hydroxyl groups is 1. The number of rotatable bonds is 13. The van der Waals surface area contributed by atoms with E-state index in [0.717, 1.165) is 24.1 Å². The highest BCUT2D eigenvalue weighted by atomic mass is 16.5. The maximum Gasteiger partial charge on any atom is 0.161 e. The summed E-state index contributed by atoms with van der Waals surface area (Å²) in [6.45, 7) is 2.03. The van der Waals surface area contributed by atoms with E-state index in [4.69, 9.17) is 14.2 Å². The molecule has 0 aromatic heterocycles. The van der Waals surface area contributed by atoms with Gasteiger partial charge in [-0.15, -0.1) is 0 Å². The van der Waals surface area contributed by atoms with Crippen LogP contribution in [0.2, 0.25) is 0 Å². The fraction of sp³-hybridized carbons (Fsp3) is 0.308. The molecule has 2 N–H and O–H groups in total. The third-order valence-electron chi connectivity index (χ3n) is 4.87. The van der Waals surface area contributed by atoms with E-state index in [9.17, 15) is 5.11 Å². The predicted octanol–water partition coefficient (Wildman–Crippen LogP) is 4.22. The van der Waals surface area contributed by atoms with Crippen molar-refractivity contribution in [3.05, 3.63) is 96.1 Å². The number of ether oxygens (including phenoxy) is 3. The number of para-hydroxylation sites is 2. The number of methoxy groups -OCH3 is 1. The van der Waals surface area contributed by atoms with Crippen molar-refractivity contribution in [1.82, 2.24) is 5.32 Å². The second kappa shape index (κ2) is 12.7. The summed E-state index contributed by atoms with van der Waals surface area (Å²) in [5.74, 6) is 1.29. The summed E-state index contributed by atoms with van der Waals surface area (Å²) in [5.41, 5.74) is 2.29. The fourth-order valence-corrected chi connectivity index (χ4v) is 3.29. The highest BCUT2D eigenvalue weighted by molar-refractivity contribution is 5.39. The van der Waals surface area contributed by atoms with E-state index in [1.807, 2.05) is 60.7 Å². The molecule has 0 aliphatic rings. The van der Waals surface area contributed by atoms with Gasteiger partial charge in [0.2, 0.25) is 0 Å². The molecule has 5 heteroatoms. The first-order valence-electron chi connectivity index (χ1n) is 10.6. The van der Waals surface area contributed by atoms with Gasteiger partial charge < -0.3 is 24.6 Å². The van der Waals surface area contributed by atoms with Crippen LogP contribution in [0, 0.1) is 0 Å². The number of nitrogens with one attached hydrogen (secondary N) is 1. The van der Waals surface area contributed by atoms with Crippen molar-refractivity contribution in [3.63, 3.8) is 0 Å². The molecule has 3 aromatic rings. The second-order valence-electron chi connectivity index (χ2n) is 7.25. The number of benzene rings is 3. The van der Waals surface area contributed by atoms with E-state index in [0.29, 0.717) is 24.7 Å². The average molecular weight is 422 g/mol. The molecular formula is C26H31NO4. The minimum absolute atomic E-state index is 0.0813. The van der Waals surface area contributed by atoms with Gasteiger partial charge in [-0.1, -0.05) is 72.8 Å². The van der Waals surface area contributed by atoms with Crippen molar-refractivity contribution in [3.8, 4) is 11.5 Å². The molecule has 0 aliphatic heterocycles. The number of hydrogen-bond acceptors (Lipinski definition) is 5. The molecule has 0 bridgehead atoms. The van der Waals surface area contributed by atoms with Crippen LogP contribution in [0.3, 0.4) is 0 Å². The van der Waals surface area contributed by atoms with Crippen molar-refractivity contribution in [2.45, 2.75) is 18.6 Å². The molecule has 0 radical (unpaired) electrons. The molecule has 0 spiro atoms. The highest BCUT2D eigenvalue weighted by Crippen LogP contribution is 2.26. The Hall–Kier alpha value is -2.86. The van der Waals surface area contributed by atoms with Crippen molar-refractivity contribution in [1.29, 1.82) is 0 Å². The Kier molecular flexibility index (Phi) is 9.38. The summed E-state index contributed by atoms with van der Waals surface area (Å²) in [4.78, 5) is 0. The molecular weight excluding hydrogens is 390 g/mol. The van der Waals surface area contributed by atoms with E-state index in [1.165, 1.54) is 0 Å². The molecule has 1 atom stereocenters. The quantitative estimate of drug-likeness (QED) is 0.405. The molecule has 3 aromatic carbocycles. The number of hydrogen-bond donors (Lipinski definition) is 2. The minimum Gasteiger partial charge on any atom is -0.493 e. The van der Waals surface area contributed by atoms with Gasteiger partial charge in [0.25, 0.3) is 0 Å². The molecule has 3 rings (SSSR count). The topological polar surface area (TPSA) is 60.0 Å². The van der Waals surface area contributed by atoms with E-state index in [2.05, 4.69) is 29.6 Å². The highest BCUT2D eigenvalue weighted by Gasteiger charge is 2.14. The Morgan fingerprint density at radius 2 is 1.39 bits per heavy atom. The molecule has 31 heavy (non-hydrogen) atoms. The average Bonchev–Trinajstić information content (AvgIpc) is 2.83. The van der Waals surface area contributed by atoms with E-state index < -0.39 is 6.10 Å². The molecule has 0 heterocycles. The normalized spacial score (nSPS) is 12.0. The standard InChI is InChI=1S/C26H31NO4/c1-29-24-15-8-9-16-25(24)31-20-23(28)19-27-17-10-18-30-26(21-11-4-2-5-12-21)22-13-6-3-7-14-22/h2-9,11-16,23,26-28H,10,17-20H2,1H3. The lowest BCUT2D eigenvalue weighted by Crippen LogP contribution is -2.32. The lowest BCUT2D eigenvalue weighted by atomic mass is 10.0. The number of aliphatic hydroxyl groups excluding tert-OH is 1. The second-order valence-corrected chi connectivity index (χ2v) is 7.25. The molecule has 0 saturated heterocycles. The van der Waals surface area contributed by atoms with Crippen LogP contribution in [0.5, 0.6) is 11.5 Å². The third kappa shape index (κ3) is 7.40. The Balaban J connectivity index is 1.37. The van der Waals surface area contributed by atoms with Crippen molar-refractivity contribution < 1.29 is 19.3 Å². The van der Waals surface area contributed by atoms with Crippen LogP contribution in [-0.2, 0) is 4.74 Å². The third-order valence-corrected chi connectivity index (χ3v) is 4.87. The largest absolute Gasteiger partial charge is 0.493 e. The summed E-state index contributed by atoms with van der Waals surface area (Å²) < 4.78 is 17.1. The zero-order chi connectivity index (χ0) is 21.7. The Bertz CT molecular complexity index is 833. The SMILES string of the molecule is COc1ccccc1OCC(O)CNCCCOC(c1ccccc1)c1ccccc1. The zero-order valence-electron chi connectivity index (χ0n) is 17.9. The minimum atomic E-state index is -0.604. The first kappa shape index (κ1) is 22.8. The van der Waals surface area contributed by atoms with Crippen molar-refractivity contribution in [2.75, 3.05) is 33.4 Å². The first-order chi connectivity index (χ1) is 15.3. The molecule has 1 unspecified atom stereocenters. The summed E-state index contributed by atoms with van der Waals surface area (Å²) >= 11 is 0. The Morgan fingerprint density at radius 3 is 2.00 bits per heavy atom. The predicted molar refractivity (Wildman–Crippen MR) is 123 cm³/mol. The van der Waals surface area contributed by atoms with Crippen LogP contribution in [0.15, 0.2) is 84.9 Å². The van der Waals surface area contributed by atoms with Crippen molar-refractivity contribution >= 4 is 0 Å². The van der Waals surface area contributed by atoms with Gasteiger partial charge in [0.15, 0.2) is 11.5 Å². The van der Waals surface area contributed by atoms with Crippen LogP contribution < -0.4 is 14.8 Å².